The van der Waals surface area contributed by atoms with Crippen molar-refractivity contribution in [1.29, 1.82) is 0 Å². The maximum Gasteiger partial charge on any atom is 0.257 e. The molecule has 6 nitrogen and oxygen atoms in total. The van der Waals surface area contributed by atoms with Crippen LogP contribution in [0.3, 0.4) is 0 Å². The van der Waals surface area contributed by atoms with E-state index in [1.165, 1.54) is 24.5 Å². The molecule has 0 saturated heterocycles. The van der Waals surface area contributed by atoms with Crippen LogP contribution in [0.2, 0.25) is 0 Å². The van der Waals surface area contributed by atoms with E-state index in [9.17, 15) is 10.0 Å². The van der Waals surface area contributed by atoms with E-state index in [1.54, 1.807) is 6.07 Å². The van der Waals surface area contributed by atoms with Gasteiger partial charge in [0.15, 0.2) is 18.2 Å². The summed E-state index contributed by atoms with van der Waals surface area (Å²) < 4.78 is 0.627. The highest BCUT2D eigenvalue weighted by Crippen LogP contribution is 2.15. The smallest absolute Gasteiger partial charge is 0.257 e. The summed E-state index contributed by atoms with van der Waals surface area (Å²) in [4.78, 5) is 11.8. The second-order valence-electron chi connectivity index (χ2n) is 4.26. The molecule has 0 saturated carbocycles. The number of carbonyl (C=O) groups is 1. The SMILES string of the molecule is CC(C)c1cc(NC(=O)c2cc[n+]([O-])cc2)n[nH]1. The molecule has 0 unspecified atom stereocenters. The zero-order valence-corrected chi connectivity index (χ0v) is 10.2. The van der Waals surface area contributed by atoms with Gasteiger partial charge in [-0.1, -0.05) is 13.8 Å². The number of aromatic amines is 1. The Balaban J connectivity index is 2.08. The molecule has 2 aromatic heterocycles. The van der Waals surface area contributed by atoms with E-state index < -0.39 is 0 Å². The summed E-state index contributed by atoms with van der Waals surface area (Å²) in [7, 11) is 0. The van der Waals surface area contributed by atoms with Crippen LogP contribution in [-0.2, 0) is 0 Å². The van der Waals surface area contributed by atoms with Gasteiger partial charge >= 0.3 is 0 Å². The van der Waals surface area contributed by atoms with Gasteiger partial charge in [-0.25, -0.2) is 0 Å². The van der Waals surface area contributed by atoms with E-state index in [0.717, 1.165) is 5.69 Å². The highest BCUT2D eigenvalue weighted by Gasteiger charge is 2.10. The highest BCUT2D eigenvalue weighted by molar-refractivity contribution is 6.03. The number of H-pyrrole nitrogens is 1. The molecule has 6 heteroatoms. The molecule has 0 aromatic carbocycles. The molecule has 0 aliphatic heterocycles. The maximum absolute atomic E-state index is 11.8. The van der Waals surface area contributed by atoms with E-state index in [0.29, 0.717) is 22.0 Å². The number of rotatable bonds is 3. The molecule has 94 valence electrons. The topological polar surface area (TPSA) is 84.7 Å². The van der Waals surface area contributed by atoms with Crippen molar-refractivity contribution < 1.29 is 9.52 Å². The summed E-state index contributed by atoms with van der Waals surface area (Å²) in [6, 6.07) is 4.70. The van der Waals surface area contributed by atoms with Gasteiger partial charge in [-0.2, -0.15) is 9.83 Å². The van der Waals surface area contributed by atoms with Crippen LogP contribution < -0.4 is 10.0 Å². The van der Waals surface area contributed by atoms with Crippen LogP contribution in [0.25, 0.3) is 0 Å². The predicted molar refractivity (Wildman–Crippen MR) is 66.0 cm³/mol. The molecule has 2 aromatic rings. The van der Waals surface area contributed by atoms with Crippen LogP contribution in [0.1, 0.15) is 35.8 Å². The van der Waals surface area contributed by atoms with Crippen LogP contribution in [0.5, 0.6) is 0 Å². The first-order valence-electron chi connectivity index (χ1n) is 5.62. The fourth-order valence-electron chi connectivity index (χ4n) is 1.45. The number of aromatic nitrogens is 3. The van der Waals surface area contributed by atoms with Crippen molar-refractivity contribution in [2.45, 2.75) is 19.8 Å². The molecular formula is C12H14N4O2. The van der Waals surface area contributed by atoms with Gasteiger partial charge < -0.3 is 10.5 Å². The van der Waals surface area contributed by atoms with Crippen LogP contribution in [0.15, 0.2) is 30.6 Å². The van der Waals surface area contributed by atoms with Crippen molar-refractivity contribution in [2.75, 3.05) is 5.32 Å². The van der Waals surface area contributed by atoms with Crippen molar-refractivity contribution in [3.05, 3.63) is 47.1 Å². The number of nitrogens with one attached hydrogen (secondary N) is 2. The standard InChI is InChI=1S/C12H14N4O2/c1-8(2)10-7-11(15-14-10)13-12(17)9-3-5-16(18)6-4-9/h3-8H,1-2H3,(H2,13,14,15,17). The number of amides is 1. The molecule has 0 radical (unpaired) electrons. The second-order valence-corrected chi connectivity index (χ2v) is 4.26. The normalized spacial score (nSPS) is 10.6. The maximum atomic E-state index is 11.8. The molecule has 0 aliphatic rings. The number of carbonyl (C=O) groups excluding carboxylic acids is 1. The second kappa shape index (κ2) is 4.87. The minimum absolute atomic E-state index is 0.294. The molecule has 2 N–H and O–H groups in total. The number of hydrogen-bond acceptors (Lipinski definition) is 3. The zero-order valence-electron chi connectivity index (χ0n) is 10.2. The Morgan fingerprint density at radius 3 is 2.67 bits per heavy atom. The van der Waals surface area contributed by atoms with Gasteiger partial charge in [-0.15, -0.1) is 0 Å². The monoisotopic (exact) mass is 246 g/mol. The van der Waals surface area contributed by atoms with Gasteiger partial charge in [-0.05, 0) is 5.92 Å². The summed E-state index contributed by atoms with van der Waals surface area (Å²) in [6.45, 7) is 4.06. The molecule has 18 heavy (non-hydrogen) atoms. The largest absolute Gasteiger partial charge is 0.619 e. The summed E-state index contributed by atoms with van der Waals surface area (Å²) in [5.41, 5.74) is 1.37. The first kappa shape index (κ1) is 12.1. The molecule has 0 fully saturated rings. The van der Waals surface area contributed by atoms with Crippen molar-refractivity contribution in [3.63, 3.8) is 0 Å². The Morgan fingerprint density at radius 2 is 2.11 bits per heavy atom. The average Bonchev–Trinajstić information content (AvgIpc) is 2.78. The fraction of sp³-hybridized carbons (Fsp3) is 0.250. The van der Waals surface area contributed by atoms with Gasteiger partial charge in [-0.3, -0.25) is 9.89 Å². The Bertz CT molecular complexity index is 545. The highest BCUT2D eigenvalue weighted by atomic mass is 16.5. The first-order chi connectivity index (χ1) is 8.56. The summed E-state index contributed by atoms with van der Waals surface area (Å²) in [6.07, 6.45) is 2.55. The first-order valence-corrected chi connectivity index (χ1v) is 5.62. The summed E-state index contributed by atoms with van der Waals surface area (Å²) in [5.74, 6) is 0.499. The zero-order chi connectivity index (χ0) is 13.1. The van der Waals surface area contributed by atoms with Crippen molar-refractivity contribution in [2.24, 2.45) is 0 Å². The molecule has 0 spiro atoms. The third-order valence-electron chi connectivity index (χ3n) is 2.53. The molecule has 1 amide bonds. The number of anilines is 1. The van der Waals surface area contributed by atoms with Crippen LogP contribution >= 0.6 is 0 Å². The summed E-state index contributed by atoms with van der Waals surface area (Å²) in [5, 5.41) is 20.4. The molecule has 0 bridgehead atoms. The number of nitrogens with zero attached hydrogens (tertiary/aromatic N) is 2. The van der Waals surface area contributed by atoms with E-state index in [-0.39, 0.29) is 5.91 Å². The lowest BCUT2D eigenvalue weighted by Gasteiger charge is -2.01. The Kier molecular flexibility index (Phi) is 3.27. The number of pyridine rings is 1. The van der Waals surface area contributed by atoms with E-state index in [4.69, 9.17) is 0 Å². The Hall–Kier alpha value is -2.37. The van der Waals surface area contributed by atoms with E-state index in [1.807, 2.05) is 13.8 Å². The third-order valence-corrected chi connectivity index (χ3v) is 2.53. The van der Waals surface area contributed by atoms with Crippen LogP contribution in [0.4, 0.5) is 5.82 Å². The van der Waals surface area contributed by atoms with Crippen LogP contribution in [0, 0.1) is 5.21 Å². The number of hydrogen-bond donors (Lipinski definition) is 2. The molecular weight excluding hydrogens is 232 g/mol. The van der Waals surface area contributed by atoms with Gasteiger partial charge in [0.05, 0.1) is 5.56 Å². The molecule has 2 rings (SSSR count). The molecule has 0 atom stereocenters. The molecule has 0 aliphatic carbocycles. The van der Waals surface area contributed by atoms with E-state index >= 15 is 0 Å². The lowest BCUT2D eigenvalue weighted by Crippen LogP contribution is -2.25. The fourth-order valence-corrected chi connectivity index (χ4v) is 1.45. The lowest BCUT2D eigenvalue weighted by molar-refractivity contribution is -0.605. The van der Waals surface area contributed by atoms with Gasteiger partial charge in [0.2, 0.25) is 0 Å². The third kappa shape index (κ3) is 2.65. The minimum Gasteiger partial charge on any atom is -0.619 e. The van der Waals surface area contributed by atoms with Gasteiger partial charge in [0.25, 0.3) is 5.91 Å². The predicted octanol–water partition coefficient (Wildman–Crippen LogP) is 1.42. The van der Waals surface area contributed by atoms with Crippen molar-refractivity contribution in [3.8, 4) is 0 Å². The summed E-state index contributed by atoms with van der Waals surface area (Å²) >= 11 is 0. The Labute approximate surface area is 104 Å². The lowest BCUT2D eigenvalue weighted by atomic mass is 10.1. The van der Waals surface area contributed by atoms with Gasteiger partial charge in [0, 0.05) is 23.9 Å². The van der Waals surface area contributed by atoms with Crippen molar-refractivity contribution in [1.82, 2.24) is 10.2 Å². The average molecular weight is 246 g/mol. The van der Waals surface area contributed by atoms with E-state index in [2.05, 4.69) is 15.5 Å². The Morgan fingerprint density at radius 1 is 1.44 bits per heavy atom. The van der Waals surface area contributed by atoms with Gasteiger partial charge in [0.1, 0.15) is 0 Å². The molecule has 2 heterocycles. The van der Waals surface area contributed by atoms with Crippen LogP contribution in [-0.4, -0.2) is 16.1 Å². The van der Waals surface area contributed by atoms with Crippen molar-refractivity contribution >= 4 is 11.7 Å². The quantitative estimate of drug-likeness (QED) is 0.634. The minimum atomic E-state index is -0.294.